The lowest BCUT2D eigenvalue weighted by atomic mass is 9.98. The molecule has 1 aromatic rings. The van der Waals surface area contributed by atoms with Gasteiger partial charge in [-0.25, -0.2) is 4.79 Å². The van der Waals surface area contributed by atoms with Crippen LogP contribution in [0.1, 0.15) is 25.7 Å². The molecule has 6 heteroatoms. The van der Waals surface area contributed by atoms with E-state index in [1.54, 1.807) is 7.11 Å². The number of hydrogen-bond donors (Lipinski definition) is 2. The minimum atomic E-state index is -1.06. The highest BCUT2D eigenvalue weighted by atomic mass is 32.2. The third-order valence-corrected chi connectivity index (χ3v) is 4.69. The molecular weight excluding hydrogens is 290 g/mol. The molecule has 1 aliphatic carbocycles. The van der Waals surface area contributed by atoms with Gasteiger partial charge in [0.05, 0.1) is 12.9 Å². The lowest BCUT2D eigenvalue weighted by Crippen LogP contribution is -2.53. The van der Waals surface area contributed by atoms with E-state index in [1.807, 2.05) is 24.3 Å². The number of carboxylic acid groups (broad SMARTS) is 1. The number of carbonyl (C=O) groups excluding carboxylic acids is 1. The van der Waals surface area contributed by atoms with Gasteiger partial charge in [0.15, 0.2) is 0 Å². The zero-order chi connectivity index (χ0) is 15.3. The average molecular weight is 309 g/mol. The van der Waals surface area contributed by atoms with Crippen LogP contribution in [0.4, 0.5) is 0 Å². The molecule has 0 saturated heterocycles. The van der Waals surface area contributed by atoms with Crippen molar-refractivity contribution in [1.82, 2.24) is 5.32 Å². The Balaban J connectivity index is 1.87. The highest BCUT2D eigenvalue weighted by Crippen LogP contribution is 2.30. The molecule has 1 aromatic carbocycles. The molecule has 0 atom stereocenters. The van der Waals surface area contributed by atoms with Gasteiger partial charge in [0.2, 0.25) is 5.91 Å². The van der Waals surface area contributed by atoms with E-state index in [0.29, 0.717) is 12.8 Å². The van der Waals surface area contributed by atoms with Gasteiger partial charge in [0.25, 0.3) is 0 Å². The highest BCUT2D eigenvalue weighted by Gasteiger charge is 2.42. The predicted octanol–water partition coefficient (Wildman–Crippen LogP) is 2.30. The Bertz CT molecular complexity index is 509. The van der Waals surface area contributed by atoms with Crippen LogP contribution in [0.2, 0.25) is 0 Å². The van der Waals surface area contributed by atoms with Gasteiger partial charge in [0.1, 0.15) is 11.3 Å². The first kappa shape index (κ1) is 15.7. The van der Waals surface area contributed by atoms with Crippen molar-refractivity contribution >= 4 is 23.6 Å². The zero-order valence-electron chi connectivity index (χ0n) is 11.9. The van der Waals surface area contributed by atoms with Crippen LogP contribution >= 0.6 is 11.8 Å². The molecule has 114 valence electrons. The van der Waals surface area contributed by atoms with E-state index in [4.69, 9.17) is 4.74 Å². The van der Waals surface area contributed by atoms with Crippen molar-refractivity contribution in [3.05, 3.63) is 24.3 Å². The van der Waals surface area contributed by atoms with Crippen LogP contribution in [0.3, 0.4) is 0 Å². The molecular formula is C15H19NO4S. The van der Waals surface area contributed by atoms with Gasteiger partial charge >= 0.3 is 5.97 Å². The number of aliphatic carboxylic acids is 1. The van der Waals surface area contributed by atoms with Crippen molar-refractivity contribution in [3.8, 4) is 5.75 Å². The van der Waals surface area contributed by atoms with Crippen LogP contribution in [-0.2, 0) is 9.59 Å². The van der Waals surface area contributed by atoms with Crippen LogP contribution in [0.15, 0.2) is 29.2 Å². The normalized spacial score (nSPS) is 16.4. The van der Waals surface area contributed by atoms with Gasteiger partial charge in [-0.15, -0.1) is 11.8 Å². The standard InChI is InChI=1S/C15H19NO4S/c1-20-11-4-6-12(7-5-11)21-10-13(17)16-15(14(18)19)8-2-3-9-15/h4-7H,2-3,8-10H2,1H3,(H,16,17)(H,18,19). The fourth-order valence-electron chi connectivity index (χ4n) is 2.49. The zero-order valence-corrected chi connectivity index (χ0v) is 12.7. The number of amides is 1. The SMILES string of the molecule is COc1ccc(SCC(=O)NC2(C(=O)O)CCCC2)cc1. The van der Waals surface area contributed by atoms with Crippen molar-refractivity contribution in [2.45, 2.75) is 36.1 Å². The third kappa shape index (κ3) is 3.91. The Morgan fingerprint density at radius 2 is 1.90 bits per heavy atom. The average Bonchev–Trinajstić information content (AvgIpc) is 2.95. The van der Waals surface area contributed by atoms with Gasteiger partial charge in [-0.2, -0.15) is 0 Å². The molecule has 1 aliphatic rings. The summed E-state index contributed by atoms with van der Waals surface area (Å²) >= 11 is 1.38. The maximum absolute atomic E-state index is 12.0. The number of carbonyl (C=O) groups is 2. The van der Waals surface area contributed by atoms with E-state index >= 15 is 0 Å². The van der Waals surface area contributed by atoms with E-state index in [1.165, 1.54) is 11.8 Å². The summed E-state index contributed by atoms with van der Waals surface area (Å²) in [6.45, 7) is 0. The molecule has 0 spiro atoms. The molecule has 5 nitrogen and oxygen atoms in total. The van der Waals surface area contributed by atoms with Crippen LogP contribution in [-0.4, -0.2) is 35.4 Å². The summed E-state index contributed by atoms with van der Waals surface area (Å²) in [6, 6.07) is 7.41. The molecule has 0 heterocycles. The largest absolute Gasteiger partial charge is 0.497 e. The molecule has 1 saturated carbocycles. The van der Waals surface area contributed by atoms with E-state index in [2.05, 4.69) is 5.32 Å². The van der Waals surface area contributed by atoms with Crippen LogP contribution in [0.5, 0.6) is 5.75 Å². The second-order valence-corrected chi connectivity index (χ2v) is 6.16. The summed E-state index contributed by atoms with van der Waals surface area (Å²) in [5.41, 5.74) is -1.06. The Kier molecular flexibility index (Phi) is 5.12. The molecule has 1 amide bonds. The first-order valence-electron chi connectivity index (χ1n) is 6.87. The molecule has 0 aliphatic heterocycles. The first-order valence-corrected chi connectivity index (χ1v) is 7.85. The topological polar surface area (TPSA) is 75.6 Å². The smallest absolute Gasteiger partial charge is 0.329 e. The number of carboxylic acids is 1. The van der Waals surface area contributed by atoms with Crippen molar-refractivity contribution in [3.63, 3.8) is 0 Å². The molecule has 2 rings (SSSR count). The Morgan fingerprint density at radius 1 is 1.29 bits per heavy atom. The van der Waals surface area contributed by atoms with Crippen LogP contribution in [0.25, 0.3) is 0 Å². The predicted molar refractivity (Wildman–Crippen MR) is 80.7 cm³/mol. The van der Waals surface area contributed by atoms with Crippen molar-refractivity contribution in [1.29, 1.82) is 0 Å². The number of benzene rings is 1. The van der Waals surface area contributed by atoms with E-state index in [-0.39, 0.29) is 11.7 Å². The number of rotatable bonds is 6. The first-order chi connectivity index (χ1) is 10.1. The second kappa shape index (κ2) is 6.85. The molecule has 0 aromatic heterocycles. The Labute approximate surface area is 128 Å². The molecule has 0 bridgehead atoms. The van der Waals surface area contributed by atoms with Gasteiger partial charge in [-0.3, -0.25) is 4.79 Å². The molecule has 0 unspecified atom stereocenters. The number of thioether (sulfide) groups is 1. The van der Waals surface area contributed by atoms with E-state index in [9.17, 15) is 14.7 Å². The highest BCUT2D eigenvalue weighted by molar-refractivity contribution is 8.00. The third-order valence-electron chi connectivity index (χ3n) is 3.67. The number of methoxy groups -OCH3 is 1. The quantitative estimate of drug-likeness (QED) is 0.789. The summed E-state index contributed by atoms with van der Waals surface area (Å²) < 4.78 is 5.07. The van der Waals surface area contributed by atoms with Crippen LogP contribution in [0, 0.1) is 0 Å². The van der Waals surface area contributed by atoms with Crippen LogP contribution < -0.4 is 10.1 Å². The summed E-state index contributed by atoms with van der Waals surface area (Å²) in [7, 11) is 1.60. The molecule has 0 radical (unpaired) electrons. The summed E-state index contributed by atoms with van der Waals surface area (Å²) in [6.07, 6.45) is 2.72. The lowest BCUT2D eigenvalue weighted by Gasteiger charge is -2.25. The maximum atomic E-state index is 12.0. The fraction of sp³-hybridized carbons (Fsp3) is 0.467. The Morgan fingerprint density at radius 3 is 2.43 bits per heavy atom. The van der Waals surface area contributed by atoms with Crippen molar-refractivity contribution in [2.24, 2.45) is 0 Å². The summed E-state index contributed by atoms with van der Waals surface area (Å²) in [5, 5.41) is 12.0. The van der Waals surface area contributed by atoms with E-state index in [0.717, 1.165) is 23.5 Å². The van der Waals surface area contributed by atoms with Gasteiger partial charge in [-0.05, 0) is 37.1 Å². The maximum Gasteiger partial charge on any atom is 0.329 e. The van der Waals surface area contributed by atoms with Gasteiger partial charge < -0.3 is 15.2 Å². The Hall–Kier alpha value is -1.69. The summed E-state index contributed by atoms with van der Waals surface area (Å²) in [5.74, 6) is -0.191. The fourth-order valence-corrected chi connectivity index (χ4v) is 3.19. The van der Waals surface area contributed by atoms with Crippen molar-refractivity contribution in [2.75, 3.05) is 12.9 Å². The number of hydrogen-bond acceptors (Lipinski definition) is 4. The monoisotopic (exact) mass is 309 g/mol. The second-order valence-electron chi connectivity index (χ2n) is 5.11. The van der Waals surface area contributed by atoms with Crippen molar-refractivity contribution < 1.29 is 19.4 Å². The number of nitrogens with one attached hydrogen (secondary N) is 1. The van der Waals surface area contributed by atoms with E-state index < -0.39 is 11.5 Å². The molecule has 1 fully saturated rings. The number of ether oxygens (including phenoxy) is 1. The molecule has 2 N–H and O–H groups in total. The minimum Gasteiger partial charge on any atom is -0.497 e. The van der Waals surface area contributed by atoms with Gasteiger partial charge in [-0.1, -0.05) is 12.8 Å². The van der Waals surface area contributed by atoms with Gasteiger partial charge in [0, 0.05) is 4.90 Å². The lowest BCUT2D eigenvalue weighted by molar-refractivity contribution is -0.147. The molecule has 21 heavy (non-hydrogen) atoms. The summed E-state index contributed by atoms with van der Waals surface area (Å²) in [4.78, 5) is 24.3. The minimum absolute atomic E-state index is 0.210.